The first kappa shape index (κ1) is 17.4. The van der Waals surface area contributed by atoms with E-state index in [9.17, 15) is 0 Å². The van der Waals surface area contributed by atoms with E-state index >= 15 is 0 Å². The van der Waals surface area contributed by atoms with Crippen LogP contribution in [0.5, 0.6) is 0 Å². The predicted molar refractivity (Wildman–Crippen MR) is 88.0 cm³/mol. The van der Waals surface area contributed by atoms with Gasteiger partial charge < -0.3 is 15.0 Å². The minimum Gasteiger partial charge on any atom is -0.380 e. The van der Waals surface area contributed by atoms with Crippen molar-refractivity contribution in [2.24, 2.45) is 0 Å². The summed E-state index contributed by atoms with van der Waals surface area (Å²) in [6.07, 6.45) is 0. The van der Waals surface area contributed by atoms with Crippen molar-refractivity contribution in [3.8, 4) is 0 Å². The number of hydrogen-bond acceptors (Lipinski definition) is 5. The molecule has 116 valence electrons. The molecule has 0 spiro atoms. The highest BCUT2D eigenvalue weighted by molar-refractivity contribution is 7.15. The van der Waals surface area contributed by atoms with Gasteiger partial charge in [0.05, 0.1) is 12.3 Å². The highest BCUT2D eigenvalue weighted by Crippen LogP contribution is 2.33. The molecule has 1 aromatic rings. The van der Waals surface area contributed by atoms with Gasteiger partial charge in [0, 0.05) is 36.5 Å². The largest absolute Gasteiger partial charge is 0.380 e. The van der Waals surface area contributed by atoms with E-state index in [1.54, 1.807) is 11.3 Å². The summed E-state index contributed by atoms with van der Waals surface area (Å²) >= 11 is 1.80. The molecular formula is C15H29N3OS. The van der Waals surface area contributed by atoms with Crippen molar-refractivity contribution in [3.63, 3.8) is 0 Å². The number of anilines is 1. The van der Waals surface area contributed by atoms with E-state index in [-0.39, 0.29) is 5.41 Å². The molecule has 0 unspecified atom stereocenters. The lowest BCUT2D eigenvalue weighted by Crippen LogP contribution is -2.27. The van der Waals surface area contributed by atoms with Gasteiger partial charge in [-0.3, -0.25) is 0 Å². The van der Waals surface area contributed by atoms with Crippen LogP contribution in [0.4, 0.5) is 5.13 Å². The molecule has 0 aliphatic rings. The molecule has 0 aliphatic carbocycles. The van der Waals surface area contributed by atoms with Crippen molar-refractivity contribution in [2.45, 2.75) is 46.6 Å². The SMILES string of the molecule is CCOCCN(CC)c1nc(C(C)(C)C)c(CNC)s1. The third kappa shape index (κ3) is 4.72. The van der Waals surface area contributed by atoms with Crippen LogP contribution in [0.3, 0.4) is 0 Å². The second kappa shape index (κ2) is 7.96. The monoisotopic (exact) mass is 299 g/mol. The lowest BCUT2D eigenvalue weighted by atomic mass is 9.91. The predicted octanol–water partition coefficient (Wildman–Crippen LogP) is 3.02. The number of likely N-dealkylation sites (N-methyl/N-ethyl adjacent to an activating group) is 1. The lowest BCUT2D eigenvalue weighted by molar-refractivity contribution is 0.154. The standard InChI is InChI=1S/C15H29N3OS/c1-7-18(9-10-19-8-2)14-17-13(15(3,4)5)12(20-14)11-16-6/h16H,7-11H2,1-6H3. The molecule has 4 nitrogen and oxygen atoms in total. The highest BCUT2D eigenvalue weighted by atomic mass is 32.1. The summed E-state index contributed by atoms with van der Waals surface area (Å²) in [7, 11) is 1.98. The molecule has 1 heterocycles. The van der Waals surface area contributed by atoms with Gasteiger partial charge in [0.15, 0.2) is 5.13 Å². The van der Waals surface area contributed by atoms with E-state index in [2.05, 4.69) is 37.9 Å². The Balaban J connectivity index is 2.93. The summed E-state index contributed by atoms with van der Waals surface area (Å²) in [4.78, 5) is 8.54. The summed E-state index contributed by atoms with van der Waals surface area (Å²) in [5.74, 6) is 0. The fraction of sp³-hybridized carbons (Fsp3) is 0.800. The van der Waals surface area contributed by atoms with E-state index in [1.165, 1.54) is 10.6 Å². The van der Waals surface area contributed by atoms with E-state index in [1.807, 2.05) is 14.0 Å². The van der Waals surface area contributed by atoms with Crippen molar-refractivity contribution >= 4 is 16.5 Å². The normalized spacial score (nSPS) is 11.9. The lowest BCUT2D eigenvalue weighted by Gasteiger charge is -2.20. The average molecular weight is 299 g/mol. The van der Waals surface area contributed by atoms with Gasteiger partial charge in [0.25, 0.3) is 0 Å². The van der Waals surface area contributed by atoms with Gasteiger partial charge in [0.1, 0.15) is 0 Å². The van der Waals surface area contributed by atoms with E-state index in [0.29, 0.717) is 0 Å². The van der Waals surface area contributed by atoms with Crippen LogP contribution in [0.15, 0.2) is 0 Å². The Hall–Kier alpha value is -0.650. The van der Waals surface area contributed by atoms with Gasteiger partial charge in [-0.2, -0.15) is 0 Å². The van der Waals surface area contributed by atoms with Crippen molar-refractivity contribution in [1.29, 1.82) is 0 Å². The average Bonchev–Trinajstić information content (AvgIpc) is 2.79. The van der Waals surface area contributed by atoms with Crippen LogP contribution in [0, 0.1) is 0 Å². The molecule has 20 heavy (non-hydrogen) atoms. The Kier molecular flexibility index (Phi) is 6.92. The number of aromatic nitrogens is 1. The van der Waals surface area contributed by atoms with Crippen LogP contribution < -0.4 is 10.2 Å². The summed E-state index contributed by atoms with van der Waals surface area (Å²) < 4.78 is 5.46. The van der Waals surface area contributed by atoms with Gasteiger partial charge >= 0.3 is 0 Å². The van der Waals surface area contributed by atoms with Gasteiger partial charge in [-0.05, 0) is 20.9 Å². The maximum absolute atomic E-state index is 5.46. The number of nitrogens with zero attached hydrogens (tertiary/aromatic N) is 2. The van der Waals surface area contributed by atoms with Crippen molar-refractivity contribution in [3.05, 3.63) is 10.6 Å². The molecular weight excluding hydrogens is 270 g/mol. The smallest absolute Gasteiger partial charge is 0.185 e. The third-order valence-electron chi connectivity index (χ3n) is 3.10. The molecule has 0 saturated heterocycles. The maximum atomic E-state index is 5.46. The van der Waals surface area contributed by atoms with Crippen LogP contribution in [0.25, 0.3) is 0 Å². The van der Waals surface area contributed by atoms with Crippen LogP contribution in [-0.2, 0) is 16.7 Å². The Labute approximate surface area is 127 Å². The van der Waals surface area contributed by atoms with Crippen molar-refractivity contribution < 1.29 is 4.74 Å². The van der Waals surface area contributed by atoms with Crippen LogP contribution in [-0.4, -0.2) is 38.3 Å². The van der Waals surface area contributed by atoms with Crippen LogP contribution >= 0.6 is 11.3 Å². The molecule has 1 N–H and O–H groups in total. The molecule has 0 saturated carbocycles. The first-order chi connectivity index (χ1) is 9.43. The highest BCUT2D eigenvalue weighted by Gasteiger charge is 2.24. The summed E-state index contributed by atoms with van der Waals surface area (Å²) in [5.41, 5.74) is 1.29. The van der Waals surface area contributed by atoms with Gasteiger partial charge in [-0.15, -0.1) is 11.3 Å². The second-order valence-electron chi connectivity index (χ2n) is 5.83. The Morgan fingerprint density at radius 2 is 2.00 bits per heavy atom. The number of nitrogens with one attached hydrogen (secondary N) is 1. The minimum absolute atomic E-state index is 0.0836. The Morgan fingerprint density at radius 3 is 2.50 bits per heavy atom. The number of ether oxygens (including phenoxy) is 1. The molecule has 0 radical (unpaired) electrons. The fourth-order valence-corrected chi connectivity index (χ4v) is 3.42. The Morgan fingerprint density at radius 1 is 1.30 bits per heavy atom. The zero-order valence-corrected chi connectivity index (χ0v) is 14.6. The molecule has 1 aromatic heterocycles. The first-order valence-corrected chi connectivity index (χ1v) is 8.23. The second-order valence-corrected chi connectivity index (χ2v) is 6.89. The maximum Gasteiger partial charge on any atom is 0.185 e. The molecule has 0 fully saturated rings. The quantitative estimate of drug-likeness (QED) is 0.749. The molecule has 0 aliphatic heterocycles. The molecule has 0 amide bonds. The zero-order chi connectivity index (χ0) is 15.2. The molecule has 0 atom stereocenters. The third-order valence-corrected chi connectivity index (χ3v) is 4.21. The molecule has 1 rings (SSSR count). The van der Waals surface area contributed by atoms with Gasteiger partial charge in [0.2, 0.25) is 0 Å². The van der Waals surface area contributed by atoms with E-state index in [4.69, 9.17) is 9.72 Å². The summed E-state index contributed by atoms with van der Waals surface area (Å²) in [6, 6.07) is 0. The molecule has 0 aromatic carbocycles. The van der Waals surface area contributed by atoms with Gasteiger partial charge in [-0.25, -0.2) is 4.98 Å². The topological polar surface area (TPSA) is 37.4 Å². The minimum atomic E-state index is 0.0836. The van der Waals surface area contributed by atoms with Crippen molar-refractivity contribution in [2.75, 3.05) is 38.3 Å². The van der Waals surface area contributed by atoms with E-state index < -0.39 is 0 Å². The van der Waals surface area contributed by atoms with Crippen molar-refractivity contribution in [1.82, 2.24) is 10.3 Å². The first-order valence-electron chi connectivity index (χ1n) is 7.41. The fourth-order valence-electron chi connectivity index (χ4n) is 2.05. The number of hydrogen-bond donors (Lipinski definition) is 1. The number of thiazole rings is 1. The van der Waals surface area contributed by atoms with Crippen LogP contribution in [0.2, 0.25) is 0 Å². The Bertz CT molecular complexity index is 398. The van der Waals surface area contributed by atoms with E-state index in [0.717, 1.165) is 38.0 Å². The number of rotatable bonds is 8. The summed E-state index contributed by atoms with van der Waals surface area (Å²) in [6.45, 7) is 15.1. The molecule has 5 heteroatoms. The van der Waals surface area contributed by atoms with Crippen LogP contribution in [0.1, 0.15) is 45.2 Å². The molecule has 0 bridgehead atoms. The summed E-state index contributed by atoms with van der Waals surface area (Å²) in [5, 5.41) is 4.36. The zero-order valence-electron chi connectivity index (χ0n) is 13.7. The van der Waals surface area contributed by atoms with Gasteiger partial charge in [-0.1, -0.05) is 20.8 Å².